The van der Waals surface area contributed by atoms with E-state index in [1.165, 1.54) is 0 Å². The van der Waals surface area contributed by atoms with Crippen LogP contribution in [0.2, 0.25) is 0 Å². The molecule has 2 N–H and O–H groups in total. The summed E-state index contributed by atoms with van der Waals surface area (Å²) in [5.74, 6) is 1.96. The summed E-state index contributed by atoms with van der Waals surface area (Å²) in [5.41, 5.74) is 1.21. The van der Waals surface area contributed by atoms with Gasteiger partial charge in [-0.05, 0) is 55.9 Å². The van der Waals surface area contributed by atoms with Gasteiger partial charge in [0.25, 0.3) is 5.91 Å². The van der Waals surface area contributed by atoms with Crippen molar-refractivity contribution in [2.75, 3.05) is 31.5 Å². The SMILES string of the molecule is O=C1N[C@@]2(CC3CCC2CC3C(=O)N2CCN(Cc3ccco3)CC2)Nc2ccccc21. The highest BCUT2D eigenvalue weighted by molar-refractivity contribution is 6.02. The number of carbonyl (C=O) groups excluding carboxylic acids is 2. The van der Waals surface area contributed by atoms with Crippen LogP contribution in [0.3, 0.4) is 0 Å². The van der Waals surface area contributed by atoms with Gasteiger partial charge in [0.2, 0.25) is 5.91 Å². The average Bonchev–Trinajstić information content (AvgIpc) is 3.32. The Morgan fingerprint density at radius 3 is 2.66 bits per heavy atom. The minimum atomic E-state index is -0.410. The summed E-state index contributed by atoms with van der Waals surface area (Å²) < 4.78 is 5.47. The quantitative estimate of drug-likeness (QED) is 0.777. The van der Waals surface area contributed by atoms with Crippen LogP contribution in [0.4, 0.5) is 5.69 Å². The van der Waals surface area contributed by atoms with E-state index in [1.54, 1.807) is 6.26 Å². The maximum Gasteiger partial charge on any atom is 0.255 e. The molecule has 168 valence electrons. The number of hydrogen-bond acceptors (Lipinski definition) is 5. The topological polar surface area (TPSA) is 77.8 Å². The summed E-state index contributed by atoms with van der Waals surface area (Å²) in [4.78, 5) is 30.7. The van der Waals surface area contributed by atoms with Crippen molar-refractivity contribution in [1.82, 2.24) is 15.1 Å². The number of anilines is 1. The molecule has 3 saturated carbocycles. The molecule has 1 aromatic carbocycles. The number of benzene rings is 1. The van der Waals surface area contributed by atoms with Crippen molar-refractivity contribution in [3.05, 3.63) is 54.0 Å². The number of hydrogen-bond donors (Lipinski definition) is 2. The molecule has 2 aromatic rings. The predicted molar refractivity (Wildman–Crippen MR) is 120 cm³/mol. The van der Waals surface area contributed by atoms with Crippen LogP contribution in [-0.2, 0) is 11.3 Å². The molecule has 2 bridgehead atoms. The number of carbonyl (C=O) groups is 2. The fourth-order valence-corrected chi connectivity index (χ4v) is 6.43. The zero-order chi connectivity index (χ0) is 21.7. The van der Waals surface area contributed by atoms with Gasteiger partial charge in [-0.1, -0.05) is 12.1 Å². The van der Waals surface area contributed by atoms with Crippen LogP contribution in [0.25, 0.3) is 0 Å². The third-order valence-electron chi connectivity index (χ3n) is 8.10. The van der Waals surface area contributed by atoms with Gasteiger partial charge in [-0.3, -0.25) is 14.5 Å². The van der Waals surface area contributed by atoms with Crippen LogP contribution in [0, 0.1) is 17.8 Å². The van der Waals surface area contributed by atoms with E-state index in [9.17, 15) is 9.59 Å². The Kier molecular flexibility index (Phi) is 4.75. The molecule has 1 saturated heterocycles. The third-order valence-corrected chi connectivity index (χ3v) is 8.10. The molecule has 3 aliphatic carbocycles. The highest BCUT2D eigenvalue weighted by atomic mass is 16.3. The smallest absolute Gasteiger partial charge is 0.255 e. The zero-order valence-electron chi connectivity index (χ0n) is 18.3. The number of rotatable bonds is 3. The van der Waals surface area contributed by atoms with Crippen LogP contribution < -0.4 is 10.6 Å². The Morgan fingerprint density at radius 2 is 1.91 bits per heavy atom. The van der Waals surface area contributed by atoms with E-state index in [4.69, 9.17) is 4.42 Å². The van der Waals surface area contributed by atoms with E-state index in [0.717, 1.165) is 69.9 Å². The molecule has 3 unspecified atom stereocenters. The summed E-state index contributed by atoms with van der Waals surface area (Å²) in [6, 6.07) is 11.6. The number of nitrogens with zero attached hydrogens (tertiary/aromatic N) is 2. The molecule has 4 fully saturated rings. The van der Waals surface area contributed by atoms with E-state index in [-0.39, 0.29) is 17.7 Å². The molecule has 1 aromatic heterocycles. The molecule has 2 aliphatic heterocycles. The van der Waals surface area contributed by atoms with Gasteiger partial charge in [0, 0.05) is 43.7 Å². The second kappa shape index (κ2) is 7.66. The number of furan rings is 1. The number of para-hydroxylation sites is 1. The molecule has 32 heavy (non-hydrogen) atoms. The molecule has 0 radical (unpaired) electrons. The van der Waals surface area contributed by atoms with Gasteiger partial charge < -0.3 is 20.0 Å². The van der Waals surface area contributed by atoms with Gasteiger partial charge in [0.15, 0.2) is 0 Å². The van der Waals surface area contributed by atoms with Crippen molar-refractivity contribution < 1.29 is 14.0 Å². The van der Waals surface area contributed by atoms with Gasteiger partial charge in [0.1, 0.15) is 11.4 Å². The lowest BCUT2D eigenvalue weighted by Crippen LogP contribution is -2.68. The summed E-state index contributed by atoms with van der Waals surface area (Å²) >= 11 is 0. The minimum absolute atomic E-state index is 0.00227. The van der Waals surface area contributed by atoms with Crippen LogP contribution in [0.1, 0.15) is 41.8 Å². The summed E-state index contributed by atoms with van der Waals surface area (Å²) in [7, 11) is 0. The Bertz CT molecular complexity index is 1010. The van der Waals surface area contributed by atoms with Gasteiger partial charge >= 0.3 is 0 Å². The Morgan fingerprint density at radius 1 is 1.06 bits per heavy atom. The van der Waals surface area contributed by atoms with Crippen molar-refractivity contribution >= 4 is 17.5 Å². The minimum Gasteiger partial charge on any atom is -0.468 e. The molecule has 7 nitrogen and oxygen atoms in total. The van der Waals surface area contributed by atoms with E-state index in [1.807, 2.05) is 36.4 Å². The van der Waals surface area contributed by atoms with E-state index in [2.05, 4.69) is 20.4 Å². The first-order chi connectivity index (χ1) is 15.6. The molecule has 2 amide bonds. The molecular weight excluding hydrogens is 404 g/mol. The number of fused-ring (bicyclic) bond motifs is 3. The lowest BCUT2D eigenvalue weighted by molar-refractivity contribution is -0.145. The van der Waals surface area contributed by atoms with Crippen molar-refractivity contribution in [2.45, 2.75) is 37.9 Å². The molecule has 7 heteroatoms. The monoisotopic (exact) mass is 434 g/mol. The van der Waals surface area contributed by atoms with Crippen LogP contribution >= 0.6 is 0 Å². The molecule has 5 aliphatic rings. The first-order valence-electron chi connectivity index (χ1n) is 11.8. The second-order valence-electron chi connectivity index (χ2n) is 9.86. The lowest BCUT2D eigenvalue weighted by atomic mass is 9.58. The standard InChI is InChI=1S/C25H30N4O3/c30-23-20-5-1-2-6-22(20)26-25(27-23)15-17-7-8-18(25)14-21(17)24(31)29-11-9-28(10-12-29)16-19-4-3-13-32-19/h1-6,13,17-18,21,26H,7-12,14-16H2,(H,27,30)/t17?,18?,21?,25-/m1/s1. The van der Waals surface area contributed by atoms with Crippen LogP contribution in [-0.4, -0.2) is 53.5 Å². The van der Waals surface area contributed by atoms with Crippen molar-refractivity contribution in [1.29, 1.82) is 0 Å². The Hall–Kier alpha value is -2.80. The summed E-state index contributed by atoms with van der Waals surface area (Å²) in [6.07, 6.45) is 5.52. The first kappa shape index (κ1) is 19.9. The highest BCUT2D eigenvalue weighted by Gasteiger charge is 2.55. The van der Waals surface area contributed by atoms with Gasteiger partial charge in [-0.15, -0.1) is 0 Å². The first-order valence-corrected chi connectivity index (χ1v) is 11.8. The highest BCUT2D eigenvalue weighted by Crippen LogP contribution is 2.52. The third kappa shape index (κ3) is 3.30. The number of piperazine rings is 1. The van der Waals surface area contributed by atoms with Crippen molar-refractivity contribution in [3.8, 4) is 0 Å². The average molecular weight is 435 g/mol. The van der Waals surface area contributed by atoms with Gasteiger partial charge in [-0.2, -0.15) is 0 Å². The number of nitrogens with one attached hydrogen (secondary N) is 2. The summed E-state index contributed by atoms with van der Waals surface area (Å²) in [5, 5.41) is 6.96. The predicted octanol–water partition coefficient (Wildman–Crippen LogP) is 2.91. The molecule has 4 atom stereocenters. The largest absolute Gasteiger partial charge is 0.468 e. The summed E-state index contributed by atoms with van der Waals surface area (Å²) in [6.45, 7) is 4.12. The zero-order valence-corrected chi connectivity index (χ0v) is 18.3. The van der Waals surface area contributed by atoms with Gasteiger partial charge in [0.05, 0.1) is 18.4 Å². The van der Waals surface area contributed by atoms with E-state index >= 15 is 0 Å². The maximum atomic E-state index is 13.5. The van der Waals surface area contributed by atoms with E-state index in [0.29, 0.717) is 17.4 Å². The van der Waals surface area contributed by atoms with Crippen LogP contribution in [0.15, 0.2) is 47.1 Å². The van der Waals surface area contributed by atoms with Crippen molar-refractivity contribution in [2.24, 2.45) is 17.8 Å². The lowest BCUT2D eigenvalue weighted by Gasteiger charge is -2.57. The molecule has 1 spiro atoms. The molecular formula is C25H30N4O3. The Balaban J connectivity index is 1.11. The molecule has 7 rings (SSSR count). The van der Waals surface area contributed by atoms with Gasteiger partial charge in [-0.25, -0.2) is 0 Å². The second-order valence-corrected chi connectivity index (χ2v) is 9.86. The normalized spacial score (nSPS) is 31.8. The van der Waals surface area contributed by atoms with Crippen molar-refractivity contribution in [3.63, 3.8) is 0 Å². The fourth-order valence-electron chi connectivity index (χ4n) is 6.43. The fraction of sp³-hybridized carbons (Fsp3) is 0.520. The van der Waals surface area contributed by atoms with Crippen LogP contribution in [0.5, 0.6) is 0 Å². The molecule has 3 heterocycles. The number of amides is 2. The maximum absolute atomic E-state index is 13.5. The Labute approximate surface area is 188 Å². The van der Waals surface area contributed by atoms with E-state index < -0.39 is 5.66 Å².